The van der Waals surface area contributed by atoms with Crippen LogP contribution in [0.1, 0.15) is 50.5 Å². The van der Waals surface area contributed by atoms with Crippen LogP contribution in [0, 0.1) is 17.0 Å². The molecule has 3 fully saturated rings. The van der Waals surface area contributed by atoms with Crippen molar-refractivity contribution < 1.29 is 27.8 Å². The highest BCUT2D eigenvalue weighted by molar-refractivity contribution is 5.89. The summed E-state index contributed by atoms with van der Waals surface area (Å²) in [4.78, 5) is 31.0. The quantitative estimate of drug-likeness (QED) is 0.524. The molecule has 0 unspecified atom stereocenters. The molecule has 0 atom stereocenters. The summed E-state index contributed by atoms with van der Waals surface area (Å²) in [6.45, 7) is 3.63. The van der Waals surface area contributed by atoms with Crippen molar-refractivity contribution in [2.24, 2.45) is 5.41 Å². The molecule has 0 radical (unpaired) electrons. The van der Waals surface area contributed by atoms with E-state index >= 15 is 0 Å². The first-order chi connectivity index (χ1) is 18.4. The van der Waals surface area contributed by atoms with Crippen LogP contribution in [0.2, 0.25) is 0 Å². The fraction of sp³-hybridized carbons (Fsp3) is 0.533. The number of carbonyl (C=O) groups excluding carboxylic acids is 2. The minimum atomic E-state index is -0.609. The highest BCUT2D eigenvalue weighted by atomic mass is 19.1. The van der Waals surface area contributed by atoms with Crippen molar-refractivity contribution in [3.05, 3.63) is 65.7 Å². The topological polar surface area (TPSA) is 59.1 Å². The molecule has 2 aliphatic heterocycles. The van der Waals surface area contributed by atoms with Gasteiger partial charge >= 0.3 is 0 Å². The fourth-order valence-electron chi connectivity index (χ4n) is 6.25. The van der Waals surface area contributed by atoms with Crippen LogP contribution in [0.15, 0.2) is 48.5 Å². The number of hydrogen-bond acceptors (Lipinski definition) is 4. The summed E-state index contributed by atoms with van der Waals surface area (Å²) < 4.78 is 38.5. The molecule has 1 aliphatic carbocycles. The Kier molecular flexibility index (Phi) is 7.98. The number of carbonyl (C=O) groups is 2. The average Bonchev–Trinajstić information content (AvgIpc) is 3.45. The van der Waals surface area contributed by atoms with Gasteiger partial charge < -0.3 is 19.3 Å². The number of nitrogens with zero attached hydrogens (tertiary/aromatic N) is 2. The second kappa shape index (κ2) is 11.4. The van der Waals surface area contributed by atoms with Crippen molar-refractivity contribution >= 4 is 11.8 Å². The largest absolute Gasteiger partial charge is 0.493 e. The average molecular weight is 527 g/mol. The van der Waals surface area contributed by atoms with Gasteiger partial charge in [0.1, 0.15) is 17.4 Å². The zero-order valence-electron chi connectivity index (χ0n) is 21.8. The Labute approximate surface area is 222 Å². The second-order valence-electron chi connectivity index (χ2n) is 11.0. The van der Waals surface area contributed by atoms with E-state index in [0.717, 1.165) is 31.2 Å². The van der Waals surface area contributed by atoms with Gasteiger partial charge in [-0.25, -0.2) is 8.78 Å². The van der Waals surface area contributed by atoms with Crippen LogP contribution in [-0.2, 0) is 19.7 Å². The van der Waals surface area contributed by atoms with Crippen LogP contribution in [-0.4, -0.2) is 67.6 Å². The molecule has 0 bridgehead atoms. The van der Waals surface area contributed by atoms with E-state index in [1.54, 1.807) is 24.3 Å². The Morgan fingerprint density at radius 1 is 0.789 bits per heavy atom. The molecule has 3 aliphatic rings. The molecule has 0 aromatic heterocycles. The van der Waals surface area contributed by atoms with Crippen LogP contribution in [0.5, 0.6) is 5.75 Å². The standard InChI is InChI=1S/C30H36F2N2O4/c31-24-5-3-23(4-6-24)30(11-1-2-12-30)28(36)34-15-13-29(14-16-34,21-27(35)33-17-19-37-20-18-33)22-38-26-9-7-25(32)8-10-26/h3-10H,1-2,11-22H2. The number of ether oxygens (including phenoxy) is 2. The van der Waals surface area contributed by atoms with Gasteiger partial charge in [0.25, 0.3) is 0 Å². The summed E-state index contributed by atoms with van der Waals surface area (Å²) >= 11 is 0. The van der Waals surface area contributed by atoms with Crippen LogP contribution in [0.25, 0.3) is 0 Å². The second-order valence-corrected chi connectivity index (χ2v) is 11.0. The Morgan fingerprint density at radius 3 is 1.97 bits per heavy atom. The molecule has 2 amide bonds. The molecular formula is C30H36F2N2O4. The maximum Gasteiger partial charge on any atom is 0.233 e. The molecule has 38 heavy (non-hydrogen) atoms. The van der Waals surface area contributed by atoms with Gasteiger partial charge in [0.05, 0.1) is 25.2 Å². The monoisotopic (exact) mass is 526 g/mol. The van der Waals surface area contributed by atoms with Crippen molar-refractivity contribution in [2.75, 3.05) is 46.0 Å². The highest BCUT2D eigenvalue weighted by Gasteiger charge is 2.47. The third-order valence-corrected chi connectivity index (χ3v) is 8.62. The van der Waals surface area contributed by atoms with E-state index < -0.39 is 10.8 Å². The number of morpholine rings is 1. The van der Waals surface area contributed by atoms with Gasteiger partial charge in [-0.15, -0.1) is 0 Å². The van der Waals surface area contributed by atoms with Gasteiger partial charge in [-0.05, 0) is 67.6 Å². The van der Waals surface area contributed by atoms with Crippen molar-refractivity contribution in [1.29, 1.82) is 0 Å². The summed E-state index contributed by atoms with van der Waals surface area (Å²) in [7, 11) is 0. The number of piperidine rings is 1. The predicted octanol–water partition coefficient (Wildman–Crippen LogP) is 4.71. The maximum absolute atomic E-state index is 14.0. The van der Waals surface area contributed by atoms with Gasteiger partial charge in [-0.2, -0.15) is 0 Å². The number of benzene rings is 2. The van der Waals surface area contributed by atoms with Gasteiger partial charge in [0.2, 0.25) is 11.8 Å². The lowest BCUT2D eigenvalue weighted by atomic mass is 9.73. The van der Waals surface area contributed by atoms with E-state index in [0.29, 0.717) is 71.0 Å². The normalized spacial score (nSPS) is 20.8. The van der Waals surface area contributed by atoms with Crippen LogP contribution >= 0.6 is 0 Å². The van der Waals surface area contributed by atoms with E-state index in [1.807, 2.05) is 9.80 Å². The van der Waals surface area contributed by atoms with Crippen molar-refractivity contribution in [1.82, 2.24) is 9.80 Å². The summed E-state index contributed by atoms with van der Waals surface area (Å²) in [6.07, 6.45) is 5.08. The van der Waals surface area contributed by atoms with Crippen LogP contribution in [0.4, 0.5) is 8.78 Å². The number of hydrogen-bond donors (Lipinski definition) is 0. The molecule has 1 saturated carbocycles. The number of rotatable bonds is 7. The third-order valence-electron chi connectivity index (χ3n) is 8.62. The van der Waals surface area contributed by atoms with Crippen molar-refractivity contribution in [2.45, 2.75) is 50.4 Å². The SMILES string of the molecule is O=C(CC1(COc2ccc(F)cc2)CCN(C(=O)C2(c3ccc(F)cc3)CCCC2)CC1)N1CCOCC1. The summed E-state index contributed by atoms with van der Waals surface area (Å²) in [5, 5.41) is 0. The number of likely N-dealkylation sites (tertiary alicyclic amines) is 1. The lowest BCUT2D eigenvalue weighted by Crippen LogP contribution is -2.53. The zero-order chi connectivity index (χ0) is 26.6. The summed E-state index contributed by atoms with van der Waals surface area (Å²) in [5.41, 5.74) is -0.151. The van der Waals surface area contributed by atoms with Gasteiger partial charge in [-0.1, -0.05) is 25.0 Å². The van der Waals surface area contributed by atoms with E-state index in [-0.39, 0.29) is 23.4 Å². The van der Waals surface area contributed by atoms with E-state index in [9.17, 15) is 18.4 Å². The van der Waals surface area contributed by atoms with E-state index in [4.69, 9.17) is 9.47 Å². The van der Waals surface area contributed by atoms with E-state index in [1.165, 1.54) is 24.3 Å². The first kappa shape index (κ1) is 26.6. The number of halogens is 2. The van der Waals surface area contributed by atoms with Crippen LogP contribution in [0.3, 0.4) is 0 Å². The molecule has 0 spiro atoms. The smallest absolute Gasteiger partial charge is 0.233 e. The van der Waals surface area contributed by atoms with E-state index in [2.05, 4.69) is 0 Å². The number of amides is 2. The van der Waals surface area contributed by atoms with Crippen molar-refractivity contribution in [3.63, 3.8) is 0 Å². The zero-order valence-corrected chi connectivity index (χ0v) is 21.8. The first-order valence-corrected chi connectivity index (χ1v) is 13.7. The van der Waals surface area contributed by atoms with Gasteiger partial charge in [-0.3, -0.25) is 9.59 Å². The van der Waals surface area contributed by atoms with Gasteiger partial charge in [0, 0.05) is 38.0 Å². The molecule has 0 N–H and O–H groups in total. The molecule has 6 nitrogen and oxygen atoms in total. The molecule has 2 aromatic rings. The van der Waals surface area contributed by atoms with Gasteiger partial charge in [0.15, 0.2) is 0 Å². The van der Waals surface area contributed by atoms with Crippen molar-refractivity contribution in [3.8, 4) is 5.75 Å². The minimum absolute atomic E-state index is 0.0781. The lowest BCUT2D eigenvalue weighted by Gasteiger charge is -2.44. The highest BCUT2D eigenvalue weighted by Crippen LogP contribution is 2.45. The molecule has 2 saturated heterocycles. The Balaban J connectivity index is 1.31. The molecular weight excluding hydrogens is 490 g/mol. The summed E-state index contributed by atoms with van der Waals surface area (Å²) in [6, 6.07) is 12.3. The minimum Gasteiger partial charge on any atom is -0.493 e. The van der Waals surface area contributed by atoms with Crippen LogP contribution < -0.4 is 4.74 Å². The predicted molar refractivity (Wildman–Crippen MR) is 139 cm³/mol. The molecule has 8 heteroatoms. The Bertz CT molecular complexity index is 1100. The molecule has 2 aromatic carbocycles. The maximum atomic E-state index is 14.0. The lowest BCUT2D eigenvalue weighted by molar-refractivity contribution is -0.143. The molecule has 5 rings (SSSR count). The molecule has 204 valence electrons. The summed E-state index contributed by atoms with van der Waals surface area (Å²) in [5.74, 6) is 0.111. The Morgan fingerprint density at radius 2 is 1.37 bits per heavy atom. The Hall–Kier alpha value is -3.00. The fourth-order valence-corrected chi connectivity index (χ4v) is 6.25. The third kappa shape index (κ3) is 5.70. The first-order valence-electron chi connectivity index (χ1n) is 13.7. The molecule has 2 heterocycles.